The van der Waals surface area contributed by atoms with Gasteiger partial charge in [-0.3, -0.25) is 4.90 Å². The molecule has 154 valence electrons. The highest BCUT2D eigenvalue weighted by atomic mass is 35.5. The number of carbonyl (C=O) groups excluding carboxylic acids is 1. The first-order chi connectivity index (χ1) is 14.4. The van der Waals surface area contributed by atoms with Crippen molar-refractivity contribution in [3.63, 3.8) is 0 Å². The van der Waals surface area contributed by atoms with Crippen LogP contribution in [-0.4, -0.2) is 14.4 Å². The van der Waals surface area contributed by atoms with Crippen LogP contribution >= 0.6 is 11.6 Å². The van der Waals surface area contributed by atoms with Crippen LogP contribution in [0.15, 0.2) is 89.8 Å². The SMILES string of the molecule is CC/C(=C\c1ccc(Cl)cc1)S(=O)(=O)NC(=O)N(c1ccccc1)c1ccccc1. The molecule has 0 aliphatic rings. The van der Waals surface area contributed by atoms with Crippen LogP contribution in [0.4, 0.5) is 16.2 Å². The number of carbonyl (C=O) groups is 1. The first-order valence-electron chi connectivity index (χ1n) is 9.34. The number of allylic oxidation sites excluding steroid dienone is 1. The fraction of sp³-hybridized carbons (Fsp3) is 0.0870. The van der Waals surface area contributed by atoms with Gasteiger partial charge in [-0.2, -0.15) is 0 Å². The number of para-hydroxylation sites is 2. The summed E-state index contributed by atoms with van der Waals surface area (Å²) in [6, 6.07) is 23.8. The Hall–Kier alpha value is -3.09. The maximum absolute atomic E-state index is 13.1. The predicted molar refractivity (Wildman–Crippen MR) is 122 cm³/mol. The molecule has 0 radical (unpaired) electrons. The van der Waals surface area contributed by atoms with Gasteiger partial charge in [0.2, 0.25) is 0 Å². The summed E-state index contributed by atoms with van der Waals surface area (Å²) in [5.41, 5.74) is 1.78. The Labute approximate surface area is 181 Å². The van der Waals surface area contributed by atoms with E-state index in [1.165, 1.54) is 11.0 Å². The molecular formula is C23H21ClN2O3S. The topological polar surface area (TPSA) is 66.5 Å². The van der Waals surface area contributed by atoms with Crippen LogP contribution in [0, 0.1) is 0 Å². The number of halogens is 1. The Morgan fingerprint density at radius 1 is 0.900 bits per heavy atom. The Kier molecular flexibility index (Phi) is 6.92. The molecule has 5 nitrogen and oxygen atoms in total. The van der Waals surface area contributed by atoms with E-state index in [1.807, 2.05) is 12.1 Å². The number of hydrogen-bond donors (Lipinski definition) is 1. The molecular weight excluding hydrogens is 420 g/mol. The number of sulfonamides is 1. The van der Waals surface area contributed by atoms with Crippen LogP contribution in [0.3, 0.4) is 0 Å². The van der Waals surface area contributed by atoms with Gasteiger partial charge < -0.3 is 0 Å². The van der Waals surface area contributed by atoms with Gasteiger partial charge in [0.05, 0.1) is 16.3 Å². The molecule has 2 amide bonds. The molecule has 0 bridgehead atoms. The third kappa shape index (κ3) is 5.28. The van der Waals surface area contributed by atoms with Crippen LogP contribution in [0.1, 0.15) is 18.9 Å². The van der Waals surface area contributed by atoms with Gasteiger partial charge >= 0.3 is 6.03 Å². The lowest BCUT2D eigenvalue weighted by molar-refractivity contribution is 0.253. The zero-order valence-electron chi connectivity index (χ0n) is 16.3. The van der Waals surface area contributed by atoms with Crippen molar-refractivity contribution in [2.45, 2.75) is 13.3 Å². The van der Waals surface area contributed by atoms with Crippen molar-refractivity contribution in [3.8, 4) is 0 Å². The van der Waals surface area contributed by atoms with Crippen LogP contribution < -0.4 is 9.62 Å². The Morgan fingerprint density at radius 2 is 1.40 bits per heavy atom. The summed E-state index contributed by atoms with van der Waals surface area (Å²) in [4.78, 5) is 14.5. The third-order valence-electron chi connectivity index (χ3n) is 4.34. The maximum Gasteiger partial charge on any atom is 0.340 e. The zero-order chi connectivity index (χ0) is 21.6. The monoisotopic (exact) mass is 440 g/mol. The lowest BCUT2D eigenvalue weighted by Gasteiger charge is -2.23. The summed E-state index contributed by atoms with van der Waals surface area (Å²) in [6.07, 6.45) is 1.75. The van der Waals surface area contributed by atoms with Crippen molar-refractivity contribution < 1.29 is 13.2 Å². The standard InChI is InChI=1S/C23H21ClN2O3S/c1-2-22(17-18-13-15-19(24)16-14-18)30(28,29)25-23(27)26(20-9-5-3-6-10-20)21-11-7-4-8-12-21/h3-17H,2H2,1H3,(H,25,27)/b22-17+. The van der Waals surface area contributed by atoms with E-state index in [2.05, 4.69) is 4.72 Å². The minimum atomic E-state index is -4.05. The van der Waals surface area contributed by atoms with Crippen LogP contribution in [0.25, 0.3) is 6.08 Å². The second-order valence-corrected chi connectivity index (χ2v) is 8.60. The van der Waals surface area contributed by atoms with Crippen molar-refractivity contribution >= 4 is 45.1 Å². The Bertz CT molecular complexity index is 1090. The van der Waals surface area contributed by atoms with Gasteiger partial charge in [-0.25, -0.2) is 17.9 Å². The molecule has 1 N–H and O–H groups in total. The number of urea groups is 1. The normalized spacial score (nSPS) is 11.7. The summed E-state index contributed by atoms with van der Waals surface area (Å²) in [5.74, 6) is 0. The van der Waals surface area contributed by atoms with Gasteiger partial charge in [-0.15, -0.1) is 0 Å². The zero-order valence-corrected chi connectivity index (χ0v) is 17.9. The molecule has 3 aromatic carbocycles. The minimum Gasteiger partial charge on any atom is -0.262 e. The molecule has 0 spiro atoms. The molecule has 0 unspecified atom stereocenters. The quantitative estimate of drug-likeness (QED) is 0.513. The molecule has 0 aromatic heterocycles. The maximum atomic E-state index is 13.1. The molecule has 3 aromatic rings. The molecule has 0 heterocycles. The number of amides is 2. The summed E-state index contributed by atoms with van der Waals surface area (Å²) < 4.78 is 28.1. The van der Waals surface area contributed by atoms with Gasteiger partial charge in [0, 0.05) is 5.02 Å². The summed E-state index contributed by atoms with van der Waals surface area (Å²) in [5, 5.41) is 0.558. The van der Waals surface area contributed by atoms with E-state index >= 15 is 0 Å². The van der Waals surface area contributed by atoms with E-state index in [9.17, 15) is 13.2 Å². The highest BCUT2D eigenvalue weighted by molar-refractivity contribution is 7.94. The lowest BCUT2D eigenvalue weighted by atomic mass is 10.2. The summed E-state index contributed by atoms with van der Waals surface area (Å²) >= 11 is 5.89. The van der Waals surface area contributed by atoms with Crippen molar-refractivity contribution in [2.24, 2.45) is 0 Å². The van der Waals surface area contributed by atoms with Crippen molar-refractivity contribution in [2.75, 3.05) is 4.90 Å². The molecule has 7 heteroatoms. The highest BCUT2D eigenvalue weighted by Gasteiger charge is 2.25. The van der Waals surface area contributed by atoms with E-state index in [4.69, 9.17) is 11.6 Å². The van der Waals surface area contributed by atoms with Gasteiger partial charge in [-0.1, -0.05) is 67.1 Å². The minimum absolute atomic E-state index is 0.0965. The molecule has 30 heavy (non-hydrogen) atoms. The van der Waals surface area contributed by atoms with E-state index in [0.29, 0.717) is 22.0 Å². The third-order valence-corrected chi connectivity index (χ3v) is 6.14. The van der Waals surface area contributed by atoms with Crippen molar-refractivity contribution in [1.29, 1.82) is 0 Å². The Morgan fingerprint density at radius 3 is 1.87 bits per heavy atom. The fourth-order valence-corrected chi connectivity index (χ4v) is 4.13. The van der Waals surface area contributed by atoms with Gasteiger partial charge in [0.1, 0.15) is 0 Å². The lowest BCUT2D eigenvalue weighted by Crippen LogP contribution is -2.40. The first-order valence-corrected chi connectivity index (χ1v) is 11.2. The largest absolute Gasteiger partial charge is 0.340 e. The molecule has 0 fully saturated rings. The second kappa shape index (κ2) is 9.61. The van der Waals surface area contributed by atoms with E-state index in [0.717, 1.165) is 0 Å². The Balaban J connectivity index is 1.93. The number of benzene rings is 3. The molecule has 3 rings (SSSR count). The molecule has 0 saturated carbocycles. The molecule has 0 aliphatic heterocycles. The smallest absolute Gasteiger partial charge is 0.262 e. The summed E-state index contributed by atoms with van der Waals surface area (Å²) in [7, 11) is -4.05. The first kappa shape index (κ1) is 21.6. The van der Waals surface area contributed by atoms with E-state index < -0.39 is 16.1 Å². The predicted octanol–water partition coefficient (Wildman–Crippen LogP) is 5.97. The second-order valence-electron chi connectivity index (χ2n) is 6.43. The van der Waals surface area contributed by atoms with Gasteiger partial charge in [-0.05, 0) is 54.5 Å². The van der Waals surface area contributed by atoms with E-state index in [1.54, 1.807) is 79.7 Å². The van der Waals surface area contributed by atoms with Crippen LogP contribution in [-0.2, 0) is 10.0 Å². The van der Waals surface area contributed by atoms with Gasteiger partial charge in [0.15, 0.2) is 0 Å². The molecule has 0 saturated heterocycles. The number of nitrogens with zero attached hydrogens (tertiary/aromatic N) is 1. The number of hydrogen-bond acceptors (Lipinski definition) is 3. The van der Waals surface area contributed by atoms with Gasteiger partial charge in [0.25, 0.3) is 10.0 Å². The number of rotatable bonds is 6. The fourth-order valence-electron chi connectivity index (χ4n) is 2.88. The van der Waals surface area contributed by atoms with Crippen molar-refractivity contribution in [1.82, 2.24) is 4.72 Å². The average molecular weight is 441 g/mol. The number of nitrogens with one attached hydrogen (secondary N) is 1. The van der Waals surface area contributed by atoms with E-state index in [-0.39, 0.29) is 11.3 Å². The van der Waals surface area contributed by atoms with Crippen molar-refractivity contribution in [3.05, 3.63) is 100 Å². The average Bonchev–Trinajstić information content (AvgIpc) is 2.74. The molecule has 0 atom stereocenters. The highest BCUT2D eigenvalue weighted by Crippen LogP contribution is 2.26. The summed E-state index contributed by atoms with van der Waals surface area (Å²) in [6.45, 7) is 1.72. The van der Waals surface area contributed by atoms with Crippen LogP contribution in [0.2, 0.25) is 5.02 Å². The number of anilines is 2. The van der Waals surface area contributed by atoms with Crippen LogP contribution in [0.5, 0.6) is 0 Å². The molecule has 0 aliphatic carbocycles.